The fraction of sp³-hybridized carbons (Fsp3) is 0.625. The summed E-state index contributed by atoms with van der Waals surface area (Å²) in [5, 5.41) is 0. The minimum atomic E-state index is 0.264. The van der Waals surface area contributed by atoms with Crippen LogP contribution in [-0.2, 0) is 4.79 Å². The Bertz CT molecular complexity index is 199. The first-order chi connectivity index (χ1) is 4.33. The van der Waals surface area contributed by atoms with Crippen molar-refractivity contribution in [1.29, 1.82) is 0 Å². The van der Waals surface area contributed by atoms with Gasteiger partial charge in [-0.3, -0.25) is 4.79 Å². The normalized spacial score (nSPS) is 46.1. The van der Waals surface area contributed by atoms with Gasteiger partial charge in [0.25, 0.3) is 0 Å². The summed E-state index contributed by atoms with van der Waals surface area (Å²) in [6.45, 7) is 0. The van der Waals surface area contributed by atoms with E-state index < -0.39 is 0 Å². The molecule has 0 radical (unpaired) electrons. The van der Waals surface area contributed by atoms with Crippen LogP contribution in [0.3, 0.4) is 0 Å². The number of Topliss-reactive ketones (excluding diaryl/α,β-unsaturated/α-hetero) is 1. The van der Waals surface area contributed by atoms with Crippen LogP contribution in [0.15, 0.2) is 0 Å². The average Bonchev–Trinajstić information content (AvgIpc) is 2.22. The highest BCUT2D eigenvalue weighted by Gasteiger charge is 2.51. The van der Waals surface area contributed by atoms with E-state index in [2.05, 4.69) is 5.92 Å². The van der Waals surface area contributed by atoms with Gasteiger partial charge in [0.2, 0.25) is 0 Å². The van der Waals surface area contributed by atoms with Gasteiger partial charge >= 0.3 is 0 Å². The first kappa shape index (κ1) is 5.05. The zero-order valence-electron chi connectivity index (χ0n) is 5.13. The Morgan fingerprint density at radius 1 is 1.67 bits per heavy atom. The molecule has 0 heterocycles. The lowest BCUT2D eigenvalue weighted by Gasteiger charge is -2.29. The third kappa shape index (κ3) is 0.439. The van der Waals surface area contributed by atoms with Crippen molar-refractivity contribution in [3.8, 4) is 12.3 Å². The monoisotopic (exact) mass is 120 g/mol. The maximum atomic E-state index is 10.9. The number of hydrogen-bond acceptors (Lipinski definition) is 1. The topological polar surface area (TPSA) is 17.1 Å². The van der Waals surface area contributed by atoms with Crippen LogP contribution in [0.25, 0.3) is 0 Å². The summed E-state index contributed by atoms with van der Waals surface area (Å²) in [4.78, 5) is 10.9. The smallest absolute Gasteiger partial charge is 0.137 e. The highest BCUT2D eigenvalue weighted by molar-refractivity contribution is 5.87. The Hall–Kier alpha value is -0.770. The molecule has 0 saturated heterocycles. The van der Waals surface area contributed by atoms with E-state index in [9.17, 15) is 4.79 Å². The summed E-state index contributed by atoms with van der Waals surface area (Å²) in [6, 6.07) is 0. The molecule has 2 bridgehead atoms. The molecule has 0 spiro atoms. The first-order valence-corrected chi connectivity index (χ1v) is 3.32. The Balaban J connectivity index is 2.24. The average molecular weight is 120 g/mol. The molecule has 0 aliphatic heterocycles. The quantitative estimate of drug-likeness (QED) is 0.433. The Labute approximate surface area is 54.4 Å². The lowest BCUT2D eigenvalue weighted by Crippen LogP contribution is -2.27. The molecule has 0 unspecified atom stereocenters. The number of carbonyl (C=O) groups excluding carboxylic acids is 1. The van der Waals surface area contributed by atoms with E-state index in [0.717, 1.165) is 12.8 Å². The molecule has 9 heavy (non-hydrogen) atoms. The van der Waals surface area contributed by atoms with Crippen molar-refractivity contribution in [2.24, 2.45) is 17.8 Å². The van der Waals surface area contributed by atoms with Crippen LogP contribution in [0.2, 0.25) is 0 Å². The second-order valence-electron chi connectivity index (χ2n) is 2.97. The van der Waals surface area contributed by atoms with Crippen LogP contribution < -0.4 is 0 Å². The molecule has 0 aromatic carbocycles. The van der Waals surface area contributed by atoms with Gasteiger partial charge in [0.1, 0.15) is 5.78 Å². The maximum absolute atomic E-state index is 10.9. The van der Waals surface area contributed by atoms with E-state index in [4.69, 9.17) is 6.42 Å². The number of ketones is 1. The summed E-state index contributed by atoms with van der Waals surface area (Å²) < 4.78 is 0. The van der Waals surface area contributed by atoms with Gasteiger partial charge in [-0.15, -0.1) is 12.3 Å². The van der Waals surface area contributed by atoms with Crippen molar-refractivity contribution in [1.82, 2.24) is 0 Å². The number of rotatable bonds is 0. The van der Waals surface area contributed by atoms with Crippen LogP contribution in [0.4, 0.5) is 0 Å². The molecule has 3 fully saturated rings. The minimum Gasteiger partial charge on any atom is -0.299 e. The SMILES string of the molecule is C#C[C@@H]1[C@H]2CC(=O)[C@@H]1C2. The molecule has 1 nitrogen and oxygen atoms in total. The summed E-state index contributed by atoms with van der Waals surface area (Å²) in [5.74, 6) is 4.22. The van der Waals surface area contributed by atoms with Crippen molar-refractivity contribution in [2.75, 3.05) is 0 Å². The standard InChI is InChI=1S/C8H8O/c1-2-6-5-3-7(6)8(9)4-5/h1,5-7H,3-4H2/t5-,6-,7-/m1/s1. The lowest BCUT2D eigenvalue weighted by atomic mass is 9.73. The highest BCUT2D eigenvalue weighted by Crippen LogP contribution is 2.50. The van der Waals surface area contributed by atoms with E-state index in [1.54, 1.807) is 0 Å². The van der Waals surface area contributed by atoms with Crippen LogP contribution >= 0.6 is 0 Å². The van der Waals surface area contributed by atoms with Gasteiger partial charge in [0.15, 0.2) is 0 Å². The lowest BCUT2D eigenvalue weighted by molar-refractivity contribution is -0.120. The zero-order valence-corrected chi connectivity index (χ0v) is 5.13. The summed E-state index contributed by atoms with van der Waals surface area (Å²) >= 11 is 0. The fourth-order valence-corrected chi connectivity index (χ4v) is 1.96. The Morgan fingerprint density at radius 2 is 2.44 bits per heavy atom. The van der Waals surface area contributed by atoms with E-state index in [1.807, 2.05) is 0 Å². The third-order valence-electron chi connectivity index (χ3n) is 2.57. The molecule has 0 N–H and O–H groups in total. The zero-order chi connectivity index (χ0) is 6.43. The van der Waals surface area contributed by atoms with Gasteiger partial charge < -0.3 is 0 Å². The Kier molecular flexibility index (Phi) is 0.778. The maximum Gasteiger partial charge on any atom is 0.137 e. The number of terminal acetylenes is 1. The van der Waals surface area contributed by atoms with Crippen LogP contribution in [0.1, 0.15) is 12.8 Å². The molecule has 3 saturated carbocycles. The Morgan fingerprint density at radius 3 is 2.67 bits per heavy atom. The van der Waals surface area contributed by atoms with Gasteiger partial charge in [-0.2, -0.15) is 0 Å². The molecular formula is C8H8O. The van der Waals surface area contributed by atoms with Crippen molar-refractivity contribution < 1.29 is 4.79 Å². The molecule has 3 aliphatic carbocycles. The molecule has 3 atom stereocenters. The van der Waals surface area contributed by atoms with Crippen molar-refractivity contribution >= 4 is 5.78 Å². The van der Waals surface area contributed by atoms with E-state index in [-0.39, 0.29) is 5.92 Å². The molecule has 0 amide bonds. The molecule has 3 rings (SSSR count). The van der Waals surface area contributed by atoms with Crippen LogP contribution in [0.5, 0.6) is 0 Å². The van der Waals surface area contributed by atoms with Crippen LogP contribution in [-0.4, -0.2) is 5.78 Å². The van der Waals surface area contributed by atoms with Gasteiger partial charge in [0, 0.05) is 18.3 Å². The highest BCUT2D eigenvalue weighted by atomic mass is 16.1. The van der Waals surface area contributed by atoms with E-state index in [1.165, 1.54) is 0 Å². The van der Waals surface area contributed by atoms with Crippen molar-refractivity contribution in [2.45, 2.75) is 12.8 Å². The van der Waals surface area contributed by atoms with Crippen LogP contribution in [0, 0.1) is 30.1 Å². The molecular weight excluding hydrogens is 112 g/mol. The second-order valence-corrected chi connectivity index (χ2v) is 2.97. The van der Waals surface area contributed by atoms with Crippen molar-refractivity contribution in [3.05, 3.63) is 0 Å². The van der Waals surface area contributed by atoms with Gasteiger partial charge in [-0.1, -0.05) is 0 Å². The second kappa shape index (κ2) is 1.39. The largest absolute Gasteiger partial charge is 0.299 e. The predicted molar refractivity (Wildman–Crippen MR) is 33.5 cm³/mol. The molecule has 3 aliphatic rings. The van der Waals surface area contributed by atoms with Gasteiger partial charge in [-0.05, 0) is 12.3 Å². The fourth-order valence-electron chi connectivity index (χ4n) is 1.96. The molecule has 0 aromatic heterocycles. The predicted octanol–water partition coefficient (Wildman–Crippen LogP) is 0.845. The molecule has 0 aromatic rings. The van der Waals surface area contributed by atoms with E-state index in [0.29, 0.717) is 17.6 Å². The number of hydrogen-bond donors (Lipinski definition) is 0. The first-order valence-electron chi connectivity index (χ1n) is 3.32. The minimum absolute atomic E-state index is 0.264. The van der Waals surface area contributed by atoms with Gasteiger partial charge in [0.05, 0.1) is 0 Å². The van der Waals surface area contributed by atoms with E-state index >= 15 is 0 Å². The number of carbonyl (C=O) groups is 1. The summed E-state index contributed by atoms with van der Waals surface area (Å²) in [7, 11) is 0. The van der Waals surface area contributed by atoms with Crippen molar-refractivity contribution in [3.63, 3.8) is 0 Å². The molecule has 46 valence electrons. The molecule has 1 heteroatoms. The third-order valence-corrected chi connectivity index (χ3v) is 2.57. The van der Waals surface area contributed by atoms with Gasteiger partial charge in [-0.25, -0.2) is 0 Å². The summed E-state index contributed by atoms with van der Waals surface area (Å²) in [6.07, 6.45) is 7.06. The number of fused-ring (bicyclic) bond motifs is 1. The summed E-state index contributed by atoms with van der Waals surface area (Å²) in [5.41, 5.74) is 0.